The Morgan fingerprint density at radius 2 is 2.00 bits per heavy atom. The van der Waals surface area contributed by atoms with Crippen molar-refractivity contribution >= 4 is 11.6 Å². The highest BCUT2D eigenvalue weighted by atomic mass is 16.3. The predicted molar refractivity (Wildman–Crippen MR) is 89.4 cm³/mol. The smallest absolute Gasteiger partial charge is 0.251 e. The van der Waals surface area contributed by atoms with Gasteiger partial charge in [0.05, 0.1) is 6.26 Å². The van der Waals surface area contributed by atoms with Crippen molar-refractivity contribution < 1.29 is 9.21 Å². The van der Waals surface area contributed by atoms with E-state index in [0.29, 0.717) is 18.5 Å². The first-order valence-corrected chi connectivity index (χ1v) is 7.82. The Morgan fingerprint density at radius 1 is 1.23 bits per heavy atom. The Bertz CT molecular complexity index is 561. The monoisotopic (exact) mass is 300 g/mol. The van der Waals surface area contributed by atoms with Gasteiger partial charge in [-0.2, -0.15) is 0 Å². The van der Waals surface area contributed by atoms with E-state index in [4.69, 9.17) is 4.42 Å². The zero-order chi connectivity index (χ0) is 15.8. The summed E-state index contributed by atoms with van der Waals surface area (Å²) < 4.78 is 5.24. The van der Waals surface area contributed by atoms with Gasteiger partial charge in [0.15, 0.2) is 0 Å². The van der Waals surface area contributed by atoms with Gasteiger partial charge < -0.3 is 14.6 Å². The van der Waals surface area contributed by atoms with E-state index in [0.717, 1.165) is 18.0 Å². The van der Waals surface area contributed by atoms with Gasteiger partial charge in [0.1, 0.15) is 5.76 Å². The van der Waals surface area contributed by atoms with E-state index in [1.807, 2.05) is 36.4 Å². The summed E-state index contributed by atoms with van der Waals surface area (Å²) in [4.78, 5) is 14.3. The minimum Gasteiger partial charge on any atom is -0.469 e. The maximum Gasteiger partial charge on any atom is 0.251 e. The lowest BCUT2D eigenvalue weighted by atomic mass is 10.1. The number of carbonyl (C=O) groups is 1. The van der Waals surface area contributed by atoms with Crippen molar-refractivity contribution in [3.8, 4) is 0 Å². The van der Waals surface area contributed by atoms with Gasteiger partial charge in [0.2, 0.25) is 0 Å². The topological polar surface area (TPSA) is 45.5 Å². The fourth-order valence-corrected chi connectivity index (χ4v) is 2.25. The molecule has 1 aromatic heterocycles. The molecule has 1 aromatic carbocycles. The van der Waals surface area contributed by atoms with Gasteiger partial charge in [-0.05, 0) is 42.8 Å². The molecule has 0 saturated carbocycles. The molecule has 0 fully saturated rings. The molecular formula is C18H24N2O2. The zero-order valence-corrected chi connectivity index (χ0v) is 13.3. The summed E-state index contributed by atoms with van der Waals surface area (Å²) in [7, 11) is 2.08. The van der Waals surface area contributed by atoms with Crippen LogP contribution in [0.4, 0.5) is 5.69 Å². The maximum absolute atomic E-state index is 12.1. The van der Waals surface area contributed by atoms with Crippen molar-refractivity contribution in [3.63, 3.8) is 0 Å². The largest absolute Gasteiger partial charge is 0.469 e. The zero-order valence-electron chi connectivity index (χ0n) is 13.3. The predicted octanol–water partition coefficient (Wildman–Crippen LogP) is 3.49. The third kappa shape index (κ3) is 4.65. The number of hydrogen-bond acceptors (Lipinski definition) is 3. The van der Waals surface area contributed by atoms with Crippen LogP contribution in [0.25, 0.3) is 0 Å². The molecule has 4 nitrogen and oxygen atoms in total. The van der Waals surface area contributed by atoms with Crippen LogP contribution in [0.3, 0.4) is 0 Å². The lowest BCUT2D eigenvalue weighted by Gasteiger charge is -2.19. The number of rotatable bonds is 8. The van der Waals surface area contributed by atoms with Gasteiger partial charge >= 0.3 is 0 Å². The summed E-state index contributed by atoms with van der Waals surface area (Å²) >= 11 is 0. The van der Waals surface area contributed by atoms with Crippen molar-refractivity contribution in [2.24, 2.45) is 0 Å². The SMILES string of the molecule is CCCCN(C)c1ccc(C(=O)NCCc2ccco2)cc1. The average molecular weight is 300 g/mol. The lowest BCUT2D eigenvalue weighted by Crippen LogP contribution is -2.25. The standard InChI is InChI=1S/C18H24N2O2/c1-3-4-13-20(2)16-9-7-15(8-10-16)18(21)19-12-11-17-6-5-14-22-17/h5-10,14H,3-4,11-13H2,1-2H3,(H,19,21). The molecule has 2 aromatic rings. The first-order valence-electron chi connectivity index (χ1n) is 7.82. The fraction of sp³-hybridized carbons (Fsp3) is 0.389. The van der Waals surface area contributed by atoms with Crippen molar-refractivity contribution in [2.75, 3.05) is 25.0 Å². The summed E-state index contributed by atoms with van der Waals surface area (Å²) in [6.07, 6.45) is 4.70. The number of anilines is 1. The Hall–Kier alpha value is -2.23. The highest BCUT2D eigenvalue weighted by molar-refractivity contribution is 5.94. The quantitative estimate of drug-likeness (QED) is 0.811. The van der Waals surface area contributed by atoms with Gasteiger partial charge in [-0.25, -0.2) is 0 Å². The molecule has 0 aliphatic carbocycles. The summed E-state index contributed by atoms with van der Waals surface area (Å²) in [5, 5.41) is 2.91. The molecule has 0 atom stereocenters. The first-order chi connectivity index (χ1) is 10.7. The number of benzene rings is 1. The van der Waals surface area contributed by atoms with Crippen LogP contribution in [0.1, 0.15) is 35.9 Å². The van der Waals surface area contributed by atoms with E-state index >= 15 is 0 Å². The van der Waals surface area contributed by atoms with E-state index in [2.05, 4.69) is 24.2 Å². The third-order valence-corrected chi connectivity index (χ3v) is 3.65. The van der Waals surface area contributed by atoms with Crippen LogP contribution in [0, 0.1) is 0 Å². The van der Waals surface area contributed by atoms with E-state index in [9.17, 15) is 4.79 Å². The molecule has 1 heterocycles. The first kappa shape index (κ1) is 16.1. The number of nitrogens with zero attached hydrogens (tertiary/aromatic N) is 1. The van der Waals surface area contributed by atoms with E-state index in [1.165, 1.54) is 12.8 Å². The Balaban J connectivity index is 1.82. The van der Waals surface area contributed by atoms with Gasteiger partial charge in [0, 0.05) is 37.8 Å². The minimum atomic E-state index is -0.0469. The van der Waals surface area contributed by atoms with Gasteiger partial charge in [0.25, 0.3) is 5.91 Å². The highest BCUT2D eigenvalue weighted by Gasteiger charge is 2.06. The number of nitrogens with one attached hydrogen (secondary N) is 1. The molecule has 2 rings (SSSR count). The summed E-state index contributed by atoms with van der Waals surface area (Å²) in [5.74, 6) is 0.836. The molecule has 1 amide bonds. The average Bonchev–Trinajstić information content (AvgIpc) is 3.06. The molecule has 0 spiro atoms. The van der Waals surface area contributed by atoms with E-state index in [1.54, 1.807) is 6.26 Å². The van der Waals surface area contributed by atoms with Crippen LogP contribution in [0.5, 0.6) is 0 Å². The molecule has 4 heteroatoms. The maximum atomic E-state index is 12.1. The van der Waals surface area contributed by atoms with Crippen LogP contribution in [-0.2, 0) is 6.42 Å². The second-order valence-corrected chi connectivity index (χ2v) is 5.41. The Labute approximate surface area is 132 Å². The molecular weight excluding hydrogens is 276 g/mol. The summed E-state index contributed by atoms with van der Waals surface area (Å²) in [6, 6.07) is 11.5. The number of amides is 1. The third-order valence-electron chi connectivity index (χ3n) is 3.65. The van der Waals surface area contributed by atoms with Gasteiger partial charge in [-0.1, -0.05) is 13.3 Å². The second kappa shape index (κ2) is 8.27. The van der Waals surface area contributed by atoms with Gasteiger partial charge in [-0.15, -0.1) is 0 Å². The lowest BCUT2D eigenvalue weighted by molar-refractivity contribution is 0.0953. The van der Waals surface area contributed by atoms with Crippen molar-refractivity contribution in [3.05, 3.63) is 54.0 Å². The summed E-state index contributed by atoms with van der Waals surface area (Å²) in [5.41, 5.74) is 1.83. The van der Waals surface area contributed by atoms with E-state index in [-0.39, 0.29) is 5.91 Å². The number of hydrogen-bond donors (Lipinski definition) is 1. The molecule has 0 aliphatic heterocycles. The van der Waals surface area contributed by atoms with Crippen molar-refractivity contribution in [2.45, 2.75) is 26.2 Å². The normalized spacial score (nSPS) is 10.5. The molecule has 118 valence electrons. The molecule has 0 aliphatic rings. The van der Waals surface area contributed by atoms with Crippen LogP contribution >= 0.6 is 0 Å². The highest BCUT2D eigenvalue weighted by Crippen LogP contribution is 2.14. The molecule has 1 N–H and O–H groups in total. The van der Waals surface area contributed by atoms with Crippen LogP contribution in [0.2, 0.25) is 0 Å². The fourth-order valence-electron chi connectivity index (χ4n) is 2.25. The van der Waals surface area contributed by atoms with Crippen molar-refractivity contribution in [1.29, 1.82) is 0 Å². The number of unbranched alkanes of at least 4 members (excludes halogenated alkanes) is 1. The van der Waals surface area contributed by atoms with Gasteiger partial charge in [-0.3, -0.25) is 4.79 Å². The van der Waals surface area contributed by atoms with Crippen LogP contribution in [0.15, 0.2) is 47.1 Å². The Kier molecular flexibility index (Phi) is 6.07. The molecule has 0 bridgehead atoms. The number of carbonyl (C=O) groups excluding carboxylic acids is 1. The second-order valence-electron chi connectivity index (χ2n) is 5.41. The molecule has 0 saturated heterocycles. The van der Waals surface area contributed by atoms with E-state index < -0.39 is 0 Å². The molecule has 0 unspecified atom stereocenters. The number of furan rings is 1. The van der Waals surface area contributed by atoms with Crippen LogP contribution < -0.4 is 10.2 Å². The van der Waals surface area contributed by atoms with Crippen molar-refractivity contribution in [1.82, 2.24) is 5.32 Å². The Morgan fingerprint density at radius 3 is 2.64 bits per heavy atom. The van der Waals surface area contributed by atoms with Crippen LogP contribution in [-0.4, -0.2) is 26.0 Å². The summed E-state index contributed by atoms with van der Waals surface area (Å²) in [6.45, 7) is 3.79. The minimum absolute atomic E-state index is 0.0469. The molecule has 22 heavy (non-hydrogen) atoms. The molecule has 0 radical (unpaired) electrons.